The van der Waals surface area contributed by atoms with Crippen LogP contribution < -0.4 is 10.6 Å². The van der Waals surface area contributed by atoms with Gasteiger partial charge >= 0.3 is 12.0 Å². The van der Waals surface area contributed by atoms with Gasteiger partial charge in [-0.25, -0.2) is 14.0 Å². The van der Waals surface area contributed by atoms with Crippen molar-refractivity contribution in [2.45, 2.75) is 32.7 Å². The molecule has 0 fully saturated rings. The Labute approximate surface area is 130 Å². The number of esters is 1. The zero-order valence-electron chi connectivity index (χ0n) is 13.2. The topological polar surface area (TPSA) is 67.4 Å². The molecule has 0 saturated heterocycles. The first-order chi connectivity index (χ1) is 10.4. The molecule has 0 unspecified atom stereocenters. The van der Waals surface area contributed by atoms with Crippen molar-refractivity contribution in [1.82, 2.24) is 10.6 Å². The molecule has 2 N–H and O–H groups in total. The molecule has 0 spiro atoms. The van der Waals surface area contributed by atoms with Crippen LogP contribution >= 0.6 is 0 Å². The number of hydrogen-bond acceptors (Lipinski definition) is 3. The van der Waals surface area contributed by atoms with Crippen LogP contribution in [0.15, 0.2) is 24.3 Å². The summed E-state index contributed by atoms with van der Waals surface area (Å²) < 4.78 is 18.1. The van der Waals surface area contributed by atoms with Gasteiger partial charge in [0.1, 0.15) is 11.9 Å². The van der Waals surface area contributed by atoms with E-state index in [-0.39, 0.29) is 18.3 Å². The lowest BCUT2D eigenvalue weighted by Gasteiger charge is -2.18. The van der Waals surface area contributed by atoms with Crippen LogP contribution in [0.3, 0.4) is 0 Å². The molecule has 0 saturated carbocycles. The van der Waals surface area contributed by atoms with Crippen molar-refractivity contribution in [1.29, 1.82) is 0 Å². The molecule has 0 heterocycles. The highest BCUT2D eigenvalue weighted by Crippen LogP contribution is 2.07. The number of methoxy groups -OCH3 is 1. The summed E-state index contributed by atoms with van der Waals surface area (Å²) in [5.41, 5.74) is 0.537. The fourth-order valence-electron chi connectivity index (χ4n) is 2.05. The highest BCUT2D eigenvalue weighted by atomic mass is 19.1. The fourth-order valence-corrected chi connectivity index (χ4v) is 2.05. The number of carbonyl (C=O) groups is 2. The largest absolute Gasteiger partial charge is 0.467 e. The smallest absolute Gasteiger partial charge is 0.328 e. The van der Waals surface area contributed by atoms with Crippen molar-refractivity contribution in [2.24, 2.45) is 5.92 Å². The molecule has 122 valence electrons. The Kier molecular flexibility index (Phi) is 7.36. The van der Waals surface area contributed by atoms with Gasteiger partial charge in [0.05, 0.1) is 7.11 Å². The maximum Gasteiger partial charge on any atom is 0.328 e. The van der Waals surface area contributed by atoms with E-state index < -0.39 is 18.0 Å². The van der Waals surface area contributed by atoms with E-state index in [4.69, 9.17) is 0 Å². The van der Waals surface area contributed by atoms with Gasteiger partial charge < -0.3 is 15.4 Å². The van der Waals surface area contributed by atoms with E-state index in [2.05, 4.69) is 15.4 Å². The van der Waals surface area contributed by atoms with Crippen LogP contribution in [-0.2, 0) is 16.0 Å². The number of nitrogens with one attached hydrogen (secondary N) is 2. The van der Waals surface area contributed by atoms with Gasteiger partial charge in [0.25, 0.3) is 0 Å². The molecule has 0 aromatic heterocycles. The van der Waals surface area contributed by atoms with Crippen LogP contribution in [0, 0.1) is 11.7 Å². The molecule has 1 atom stereocenters. The van der Waals surface area contributed by atoms with Gasteiger partial charge in [-0.15, -0.1) is 0 Å². The Morgan fingerprint density at radius 2 is 1.95 bits per heavy atom. The Bertz CT molecular complexity index is 506. The van der Waals surface area contributed by atoms with Crippen LogP contribution in [0.5, 0.6) is 0 Å². The molecule has 0 aliphatic heterocycles. The van der Waals surface area contributed by atoms with Crippen LogP contribution in [-0.4, -0.2) is 31.7 Å². The zero-order chi connectivity index (χ0) is 16.5. The third-order valence-corrected chi connectivity index (χ3v) is 3.14. The molecule has 2 amide bonds. The number of halogens is 1. The van der Waals surface area contributed by atoms with Crippen molar-refractivity contribution in [3.05, 3.63) is 35.6 Å². The van der Waals surface area contributed by atoms with Gasteiger partial charge in [0.15, 0.2) is 0 Å². The SMILES string of the molecule is COC(=O)[C@H](CC(C)C)NC(=O)NCCc1ccccc1F. The third kappa shape index (κ3) is 6.11. The lowest BCUT2D eigenvalue weighted by molar-refractivity contribution is -0.143. The van der Waals surface area contributed by atoms with Crippen LogP contribution in [0.1, 0.15) is 25.8 Å². The van der Waals surface area contributed by atoms with E-state index in [1.54, 1.807) is 18.2 Å². The average molecular weight is 310 g/mol. The molecule has 0 aliphatic carbocycles. The van der Waals surface area contributed by atoms with Gasteiger partial charge in [0.2, 0.25) is 0 Å². The van der Waals surface area contributed by atoms with Gasteiger partial charge in [-0.1, -0.05) is 32.0 Å². The Morgan fingerprint density at radius 1 is 1.27 bits per heavy atom. The molecule has 1 aromatic rings. The summed E-state index contributed by atoms with van der Waals surface area (Å²) in [6.45, 7) is 4.18. The maximum atomic E-state index is 13.4. The van der Waals surface area contributed by atoms with Crippen molar-refractivity contribution >= 4 is 12.0 Å². The molecule has 0 radical (unpaired) electrons. The molecular formula is C16H23FN2O3. The first-order valence-corrected chi connectivity index (χ1v) is 7.29. The Morgan fingerprint density at radius 3 is 2.55 bits per heavy atom. The van der Waals surface area contributed by atoms with Crippen molar-refractivity contribution in [2.75, 3.05) is 13.7 Å². The average Bonchev–Trinajstić information content (AvgIpc) is 2.47. The monoisotopic (exact) mass is 310 g/mol. The Hall–Kier alpha value is -2.11. The van der Waals surface area contributed by atoms with Crippen molar-refractivity contribution in [3.63, 3.8) is 0 Å². The first kappa shape index (κ1) is 17.9. The highest BCUT2D eigenvalue weighted by Gasteiger charge is 2.22. The van der Waals surface area contributed by atoms with Crippen LogP contribution in [0.25, 0.3) is 0 Å². The summed E-state index contributed by atoms with van der Waals surface area (Å²) in [4.78, 5) is 23.4. The Balaban J connectivity index is 2.43. The summed E-state index contributed by atoms with van der Waals surface area (Å²) in [6.07, 6.45) is 0.876. The van der Waals surface area contributed by atoms with Crippen molar-refractivity contribution in [3.8, 4) is 0 Å². The van der Waals surface area contributed by atoms with E-state index in [1.807, 2.05) is 13.8 Å². The first-order valence-electron chi connectivity index (χ1n) is 7.29. The lowest BCUT2D eigenvalue weighted by Crippen LogP contribution is -2.47. The summed E-state index contributed by atoms with van der Waals surface area (Å²) in [5, 5.41) is 5.20. The van der Waals surface area contributed by atoms with Gasteiger partial charge in [0, 0.05) is 6.54 Å². The number of urea groups is 1. The number of carbonyl (C=O) groups excluding carboxylic acids is 2. The summed E-state index contributed by atoms with van der Waals surface area (Å²) in [5.74, 6) is -0.530. The second-order valence-corrected chi connectivity index (χ2v) is 5.45. The van der Waals surface area contributed by atoms with E-state index in [9.17, 15) is 14.0 Å². The van der Waals surface area contributed by atoms with E-state index in [0.29, 0.717) is 18.4 Å². The molecule has 5 nitrogen and oxygen atoms in total. The molecular weight excluding hydrogens is 287 g/mol. The normalized spacial score (nSPS) is 11.9. The van der Waals surface area contributed by atoms with Gasteiger partial charge in [-0.2, -0.15) is 0 Å². The zero-order valence-corrected chi connectivity index (χ0v) is 13.2. The molecule has 1 aromatic carbocycles. The summed E-state index contributed by atoms with van der Waals surface area (Å²) in [7, 11) is 1.29. The third-order valence-electron chi connectivity index (χ3n) is 3.14. The maximum absolute atomic E-state index is 13.4. The standard InChI is InChI=1S/C16H23FN2O3/c1-11(2)10-14(15(20)22-3)19-16(21)18-9-8-12-6-4-5-7-13(12)17/h4-7,11,14H,8-10H2,1-3H3,(H2,18,19,21)/t14-/m0/s1. The van der Waals surface area contributed by atoms with E-state index >= 15 is 0 Å². The second-order valence-electron chi connectivity index (χ2n) is 5.45. The lowest BCUT2D eigenvalue weighted by atomic mass is 10.0. The van der Waals surface area contributed by atoms with Crippen LogP contribution in [0.2, 0.25) is 0 Å². The van der Waals surface area contributed by atoms with Gasteiger partial charge in [-0.3, -0.25) is 0 Å². The predicted molar refractivity (Wildman–Crippen MR) is 81.9 cm³/mol. The summed E-state index contributed by atoms with van der Waals surface area (Å²) in [6, 6.07) is 5.27. The molecule has 1 rings (SSSR count). The van der Waals surface area contributed by atoms with E-state index in [1.165, 1.54) is 13.2 Å². The minimum Gasteiger partial charge on any atom is -0.467 e. The number of amides is 2. The van der Waals surface area contributed by atoms with Gasteiger partial charge in [-0.05, 0) is 30.4 Å². The quantitative estimate of drug-likeness (QED) is 0.759. The predicted octanol–water partition coefficient (Wildman–Crippen LogP) is 2.26. The minimum atomic E-state index is -0.682. The van der Waals surface area contributed by atoms with Crippen LogP contribution in [0.4, 0.5) is 9.18 Å². The minimum absolute atomic E-state index is 0.239. The second kappa shape index (κ2) is 9.02. The molecule has 6 heteroatoms. The van der Waals surface area contributed by atoms with Crippen molar-refractivity contribution < 1.29 is 18.7 Å². The number of benzene rings is 1. The number of hydrogen-bond donors (Lipinski definition) is 2. The fraction of sp³-hybridized carbons (Fsp3) is 0.500. The molecule has 22 heavy (non-hydrogen) atoms. The molecule has 0 aliphatic rings. The summed E-state index contributed by atoms with van der Waals surface area (Å²) >= 11 is 0. The van der Waals surface area contributed by atoms with E-state index in [0.717, 1.165) is 0 Å². The number of rotatable bonds is 7. The molecule has 0 bridgehead atoms. The highest BCUT2D eigenvalue weighted by molar-refractivity contribution is 5.83. The number of ether oxygens (including phenoxy) is 1.